The normalized spacial score (nSPS) is 14.5. The van der Waals surface area contributed by atoms with Crippen LogP contribution < -0.4 is 5.32 Å². The van der Waals surface area contributed by atoms with Gasteiger partial charge in [0.05, 0.1) is 12.3 Å². The Labute approximate surface area is 142 Å². The minimum Gasteiger partial charge on any atom is -0.481 e. The number of aromatic nitrogens is 3. The van der Waals surface area contributed by atoms with E-state index in [2.05, 4.69) is 40.4 Å². The molecule has 1 amide bonds. The Morgan fingerprint density at radius 2 is 2.17 bits per heavy atom. The third-order valence-corrected chi connectivity index (χ3v) is 3.85. The van der Waals surface area contributed by atoms with Gasteiger partial charge in [-0.1, -0.05) is 37.6 Å². The summed E-state index contributed by atoms with van der Waals surface area (Å²) < 4.78 is 0. The predicted octanol–water partition coefficient (Wildman–Crippen LogP) is 3.16. The number of carbonyl (C=O) groups excluding carboxylic acids is 1. The number of hydrogen-bond donors (Lipinski definition) is 3. The number of anilines is 1. The van der Waals surface area contributed by atoms with Crippen LogP contribution in [-0.4, -0.2) is 32.2 Å². The predicted molar refractivity (Wildman–Crippen MR) is 92.3 cm³/mol. The van der Waals surface area contributed by atoms with Crippen LogP contribution in [0, 0.1) is 11.8 Å². The SMILES string of the molecule is CC/C(C)=C\CC/C=C\C(C)C(CC(=O)O)C(=O)Nc1ncn[nH]1. The van der Waals surface area contributed by atoms with Crippen molar-refractivity contribution in [2.45, 2.75) is 46.5 Å². The molecule has 3 N–H and O–H groups in total. The molecule has 1 aromatic heterocycles. The molecule has 0 saturated heterocycles. The molecule has 0 fully saturated rings. The molecule has 24 heavy (non-hydrogen) atoms. The average molecular weight is 334 g/mol. The van der Waals surface area contributed by atoms with Crippen molar-refractivity contribution in [3.63, 3.8) is 0 Å². The van der Waals surface area contributed by atoms with Crippen LogP contribution in [-0.2, 0) is 9.59 Å². The van der Waals surface area contributed by atoms with Crippen LogP contribution in [0.3, 0.4) is 0 Å². The maximum absolute atomic E-state index is 12.3. The highest BCUT2D eigenvalue weighted by Crippen LogP contribution is 2.20. The minimum atomic E-state index is -1.01. The van der Waals surface area contributed by atoms with E-state index in [0.29, 0.717) is 0 Å². The van der Waals surface area contributed by atoms with Crippen LogP contribution in [0.25, 0.3) is 0 Å². The molecule has 0 radical (unpaired) electrons. The molecule has 0 spiro atoms. The maximum atomic E-state index is 12.3. The number of hydrogen-bond acceptors (Lipinski definition) is 4. The average Bonchev–Trinajstić information content (AvgIpc) is 3.04. The molecular formula is C17H26N4O3. The quantitative estimate of drug-likeness (QED) is 0.450. The van der Waals surface area contributed by atoms with Gasteiger partial charge in [0.25, 0.3) is 0 Å². The van der Waals surface area contributed by atoms with Gasteiger partial charge in [-0.05, 0) is 32.1 Å². The summed E-state index contributed by atoms with van der Waals surface area (Å²) in [5.41, 5.74) is 1.35. The molecule has 0 bridgehead atoms. The van der Waals surface area contributed by atoms with Crippen molar-refractivity contribution in [2.75, 3.05) is 5.32 Å². The number of unbranched alkanes of at least 4 members (excludes halogenated alkanes) is 1. The van der Waals surface area contributed by atoms with E-state index in [1.807, 2.05) is 19.1 Å². The zero-order chi connectivity index (χ0) is 17.9. The number of amides is 1. The van der Waals surface area contributed by atoms with Crippen LogP contribution in [0.4, 0.5) is 5.95 Å². The van der Waals surface area contributed by atoms with Crippen molar-refractivity contribution in [2.24, 2.45) is 11.8 Å². The second-order valence-electron chi connectivity index (χ2n) is 5.80. The molecule has 2 atom stereocenters. The smallest absolute Gasteiger partial charge is 0.304 e. The molecule has 7 nitrogen and oxygen atoms in total. The Hall–Kier alpha value is -2.44. The lowest BCUT2D eigenvalue weighted by Crippen LogP contribution is -2.30. The Morgan fingerprint density at radius 1 is 1.42 bits per heavy atom. The van der Waals surface area contributed by atoms with Crippen LogP contribution in [0.2, 0.25) is 0 Å². The van der Waals surface area contributed by atoms with Crippen molar-refractivity contribution < 1.29 is 14.7 Å². The standard InChI is InChI=1S/C17H26N4O3/c1-4-12(2)8-6-5-7-9-13(3)14(10-15(22)23)16(24)20-17-18-11-19-21-17/h7-9,11,13-14H,4-6,10H2,1-3H3,(H,22,23)(H2,18,19,20,21,24)/b9-7-,12-8-. The van der Waals surface area contributed by atoms with Crippen molar-refractivity contribution in [1.82, 2.24) is 15.2 Å². The number of allylic oxidation sites excluding steroid dienone is 4. The molecule has 0 aromatic carbocycles. The number of aliphatic carboxylic acids is 1. The molecule has 2 unspecified atom stereocenters. The molecule has 132 valence electrons. The largest absolute Gasteiger partial charge is 0.481 e. The molecule has 0 aliphatic carbocycles. The summed E-state index contributed by atoms with van der Waals surface area (Å²) >= 11 is 0. The lowest BCUT2D eigenvalue weighted by Gasteiger charge is -2.18. The summed E-state index contributed by atoms with van der Waals surface area (Å²) in [6.07, 6.45) is 9.99. The fourth-order valence-electron chi connectivity index (χ4n) is 2.20. The van der Waals surface area contributed by atoms with Gasteiger partial charge in [0.15, 0.2) is 0 Å². The van der Waals surface area contributed by atoms with E-state index in [1.165, 1.54) is 11.9 Å². The van der Waals surface area contributed by atoms with Crippen molar-refractivity contribution in [1.29, 1.82) is 0 Å². The topological polar surface area (TPSA) is 108 Å². The third kappa shape index (κ3) is 7.21. The first-order valence-electron chi connectivity index (χ1n) is 8.14. The Morgan fingerprint density at radius 3 is 2.75 bits per heavy atom. The van der Waals surface area contributed by atoms with Crippen molar-refractivity contribution >= 4 is 17.8 Å². The van der Waals surface area contributed by atoms with Gasteiger partial charge in [-0.2, -0.15) is 10.1 Å². The van der Waals surface area contributed by atoms with Gasteiger partial charge in [-0.15, -0.1) is 0 Å². The molecule has 0 aliphatic heterocycles. The zero-order valence-electron chi connectivity index (χ0n) is 14.5. The number of carboxylic acids is 1. The molecule has 0 aliphatic rings. The van der Waals surface area contributed by atoms with E-state index >= 15 is 0 Å². The lowest BCUT2D eigenvalue weighted by molar-refractivity contribution is -0.140. The van der Waals surface area contributed by atoms with Gasteiger partial charge in [-0.25, -0.2) is 5.10 Å². The fourth-order valence-corrected chi connectivity index (χ4v) is 2.20. The highest BCUT2D eigenvalue weighted by atomic mass is 16.4. The van der Waals surface area contributed by atoms with Gasteiger partial charge >= 0.3 is 5.97 Å². The second kappa shape index (κ2) is 10.4. The summed E-state index contributed by atoms with van der Waals surface area (Å²) in [6.45, 7) is 6.06. The van der Waals surface area contributed by atoms with Gasteiger partial charge in [0.1, 0.15) is 6.33 Å². The summed E-state index contributed by atoms with van der Waals surface area (Å²) in [6, 6.07) is 0. The molecule has 0 saturated carbocycles. The Kier molecular flexibility index (Phi) is 8.46. The zero-order valence-corrected chi connectivity index (χ0v) is 14.5. The lowest BCUT2D eigenvalue weighted by atomic mass is 9.89. The van der Waals surface area contributed by atoms with Crippen LogP contribution in [0.1, 0.15) is 46.5 Å². The van der Waals surface area contributed by atoms with E-state index in [4.69, 9.17) is 5.11 Å². The Bertz CT molecular complexity index is 579. The minimum absolute atomic E-state index is 0.194. The molecule has 1 heterocycles. The van der Waals surface area contributed by atoms with E-state index < -0.39 is 11.9 Å². The number of nitrogens with one attached hydrogen (secondary N) is 2. The van der Waals surface area contributed by atoms with Gasteiger partial charge in [0.2, 0.25) is 11.9 Å². The second-order valence-corrected chi connectivity index (χ2v) is 5.80. The molecular weight excluding hydrogens is 308 g/mol. The van der Waals surface area contributed by atoms with Crippen molar-refractivity contribution in [3.05, 3.63) is 30.1 Å². The number of aromatic amines is 1. The molecule has 1 aromatic rings. The first-order chi connectivity index (χ1) is 11.4. The number of H-pyrrole nitrogens is 1. The maximum Gasteiger partial charge on any atom is 0.304 e. The highest BCUT2D eigenvalue weighted by molar-refractivity contribution is 5.93. The van der Waals surface area contributed by atoms with E-state index in [9.17, 15) is 9.59 Å². The molecule has 7 heteroatoms. The molecule has 1 rings (SSSR count). The van der Waals surface area contributed by atoms with Crippen molar-refractivity contribution in [3.8, 4) is 0 Å². The fraction of sp³-hybridized carbons (Fsp3) is 0.529. The Balaban J connectivity index is 2.62. The summed E-state index contributed by atoms with van der Waals surface area (Å²) in [5, 5.41) is 17.8. The van der Waals surface area contributed by atoms with Crippen LogP contribution >= 0.6 is 0 Å². The highest BCUT2D eigenvalue weighted by Gasteiger charge is 2.26. The monoisotopic (exact) mass is 334 g/mol. The summed E-state index contributed by atoms with van der Waals surface area (Å²) in [7, 11) is 0. The number of nitrogens with zero attached hydrogens (tertiary/aromatic N) is 2. The summed E-state index contributed by atoms with van der Waals surface area (Å²) in [5.74, 6) is -2.04. The van der Waals surface area contributed by atoms with Gasteiger partial charge < -0.3 is 5.11 Å². The van der Waals surface area contributed by atoms with Gasteiger partial charge in [0, 0.05) is 0 Å². The third-order valence-electron chi connectivity index (χ3n) is 3.85. The first kappa shape index (κ1) is 19.6. The number of carbonyl (C=O) groups is 2. The first-order valence-corrected chi connectivity index (χ1v) is 8.14. The van der Waals surface area contributed by atoms with Gasteiger partial charge in [-0.3, -0.25) is 14.9 Å². The van der Waals surface area contributed by atoms with E-state index in [1.54, 1.807) is 0 Å². The van der Waals surface area contributed by atoms with E-state index in [0.717, 1.165) is 19.3 Å². The number of rotatable bonds is 10. The van der Waals surface area contributed by atoms with Crippen LogP contribution in [0.5, 0.6) is 0 Å². The van der Waals surface area contributed by atoms with Crippen LogP contribution in [0.15, 0.2) is 30.1 Å². The van der Waals surface area contributed by atoms with E-state index in [-0.39, 0.29) is 24.2 Å². The summed E-state index contributed by atoms with van der Waals surface area (Å²) in [4.78, 5) is 27.2. The number of carboxylic acid groups (broad SMARTS) is 1.